The van der Waals surface area contributed by atoms with E-state index in [1.165, 1.54) is 17.0 Å². The lowest BCUT2D eigenvalue weighted by Gasteiger charge is -2.22. The number of nitrogens with zero attached hydrogens (tertiary/aromatic N) is 1. The van der Waals surface area contributed by atoms with E-state index in [-0.39, 0.29) is 10.8 Å². The summed E-state index contributed by atoms with van der Waals surface area (Å²) in [4.78, 5) is 14.5. The Bertz CT molecular complexity index is 979. The van der Waals surface area contributed by atoms with Gasteiger partial charge in [-0.15, -0.1) is 0 Å². The minimum Gasteiger partial charge on any atom is -0.491 e. The molecule has 0 bridgehead atoms. The van der Waals surface area contributed by atoms with E-state index >= 15 is 0 Å². The molecule has 0 fully saturated rings. The average molecular weight is 419 g/mol. The van der Waals surface area contributed by atoms with Gasteiger partial charge in [-0.3, -0.25) is 4.79 Å². The Morgan fingerprint density at radius 1 is 1.07 bits per heavy atom. The molecule has 0 heterocycles. The van der Waals surface area contributed by atoms with E-state index in [4.69, 9.17) is 4.74 Å². The molecule has 29 heavy (non-hydrogen) atoms. The molecule has 0 aliphatic heterocycles. The van der Waals surface area contributed by atoms with Crippen LogP contribution in [0.2, 0.25) is 0 Å². The molecule has 1 amide bonds. The molecule has 0 aromatic heterocycles. The van der Waals surface area contributed by atoms with Gasteiger partial charge in [0.15, 0.2) is 0 Å². The van der Waals surface area contributed by atoms with Gasteiger partial charge < -0.3 is 9.64 Å². The molecule has 0 atom stereocenters. The molecule has 1 N–H and O–H groups in total. The molecule has 0 saturated carbocycles. The van der Waals surface area contributed by atoms with Gasteiger partial charge >= 0.3 is 0 Å². The van der Waals surface area contributed by atoms with E-state index in [2.05, 4.69) is 4.72 Å². The molecule has 6 nitrogen and oxygen atoms in total. The molecule has 0 aliphatic rings. The van der Waals surface area contributed by atoms with Crippen LogP contribution in [0.5, 0.6) is 5.75 Å². The fraction of sp³-hybridized carbons (Fsp3) is 0.409. The Balaban J connectivity index is 2.12. The molecule has 2 aromatic carbocycles. The first-order chi connectivity index (χ1) is 13.4. The van der Waals surface area contributed by atoms with Gasteiger partial charge in [-0.2, -0.15) is 0 Å². The van der Waals surface area contributed by atoms with Crippen molar-refractivity contribution < 1.29 is 17.9 Å². The predicted molar refractivity (Wildman–Crippen MR) is 115 cm³/mol. The zero-order valence-electron chi connectivity index (χ0n) is 17.9. The number of benzene rings is 2. The quantitative estimate of drug-likeness (QED) is 0.746. The monoisotopic (exact) mass is 418 g/mol. The van der Waals surface area contributed by atoms with E-state index in [1.54, 1.807) is 40.8 Å². The lowest BCUT2D eigenvalue weighted by molar-refractivity contribution is 0.0772. The van der Waals surface area contributed by atoms with E-state index in [1.807, 2.05) is 31.2 Å². The number of hydrogen-bond donors (Lipinski definition) is 1. The number of carbonyl (C=O) groups excluding carboxylic acids is 1. The van der Waals surface area contributed by atoms with Gasteiger partial charge in [0.25, 0.3) is 5.91 Å². The summed E-state index contributed by atoms with van der Waals surface area (Å²) in [5, 5.41) is 0. The summed E-state index contributed by atoms with van der Waals surface area (Å²) in [5.41, 5.74) is 1.50. The number of nitrogens with one attached hydrogen (secondary N) is 1. The highest BCUT2D eigenvalue weighted by atomic mass is 32.2. The van der Waals surface area contributed by atoms with Gasteiger partial charge in [0.05, 0.1) is 11.4 Å². The molecular formula is C22H30N2O4S. The molecular weight excluding hydrogens is 388 g/mol. The Kier molecular flexibility index (Phi) is 7.08. The van der Waals surface area contributed by atoms with Gasteiger partial charge in [0.1, 0.15) is 12.4 Å². The summed E-state index contributed by atoms with van der Waals surface area (Å²) in [6, 6.07) is 12.3. The maximum Gasteiger partial charge on any atom is 0.254 e. The van der Waals surface area contributed by atoms with Gasteiger partial charge in [0, 0.05) is 18.2 Å². The third-order valence-electron chi connectivity index (χ3n) is 4.31. The fourth-order valence-electron chi connectivity index (χ4n) is 2.78. The molecule has 7 heteroatoms. The van der Waals surface area contributed by atoms with Crippen molar-refractivity contribution in [3.8, 4) is 5.75 Å². The third kappa shape index (κ3) is 6.30. The van der Waals surface area contributed by atoms with E-state index in [9.17, 15) is 13.2 Å². The van der Waals surface area contributed by atoms with Gasteiger partial charge in [-0.25, -0.2) is 13.1 Å². The molecule has 158 valence electrons. The first-order valence-electron chi connectivity index (χ1n) is 9.49. The van der Waals surface area contributed by atoms with Gasteiger partial charge in [-0.05, 0) is 63.9 Å². The second kappa shape index (κ2) is 8.97. The number of carbonyl (C=O) groups is 1. The maximum absolute atomic E-state index is 12.9. The summed E-state index contributed by atoms with van der Waals surface area (Å²) >= 11 is 0. The average Bonchev–Trinajstić information content (AvgIpc) is 2.61. The summed E-state index contributed by atoms with van der Waals surface area (Å²) in [6.07, 6.45) is 0. The van der Waals surface area contributed by atoms with Crippen LogP contribution in [0.25, 0.3) is 0 Å². The van der Waals surface area contributed by atoms with Crippen LogP contribution in [0.4, 0.5) is 0 Å². The molecule has 0 saturated heterocycles. The van der Waals surface area contributed by atoms with Crippen LogP contribution in [0.1, 0.15) is 42.3 Å². The van der Waals surface area contributed by atoms with Crippen molar-refractivity contribution >= 4 is 15.9 Å². The Morgan fingerprint density at radius 3 is 2.34 bits per heavy atom. The van der Waals surface area contributed by atoms with Crippen LogP contribution < -0.4 is 9.46 Å². The number of sulfonamides is 1. The summed E-state index contributed by atoms with van der Waals surface area (Å²) < 4.78 is 33.6. The molecule has 2 rings (SSSR count). The van der Waals surface area contributed by atoms with Crippen LogP contribution in [-0.4, -0.2) is 45.0 Å². The molecule has 0 aliphatic carbocycles. The van der Waals surface area contributed by atoms with E-state index in [0.717, 1.165) is 16.9 Å². The van der Waals surface area contributed by atoms with Crippen molar-refractivity contribution in [1.82, 2.24) is 9.62 Å². The molecule has 0 radical (unpaired) electrons. The number of amides is 1. The van der Waals surface area contributed by atoms with Crippen LogP contribution in [0.15, 0.2) is 47.4 Å². The molecule has 2 aromatic rings. The van der Waals surface area contributed by atoms with Crippen molar-refractivity contribution in [2.45, 2.75) is 45.1 Å². The highest BCUT2D eigenvalue weighted by Gasteiger charge is 2.24. The zero-order valence-corrected chi connectivity index (χ0v) is 18.8. The first-order valence-corrected chi connectivity index (χ1v) is 11.0. The number of para-hydroxylation sites is 1. The Morgan fingerprint density at radius 2 is 1.72 bits per heavy atom. The van der Waals surface area contributed by atoms with Crippen LogP contribution in [0, 0.1) is 13.8 Å². The fourth-order valence-corrected chi connectivity index (χ4v) is 4.22. The number of ether oxygens (including phenoxy) is 1. The zero-order chi connectivity index (χ0) is 21.8. The minimum atomic E-state index is -3.72. The van der Waals surface area contributed by atoms with Gasteiger partial charge in [-0.1, -0.05) is 24.3 Å². The smallest absolute Gasteiger partial charge is 0.254 e. The maximum atomic E-state index is 12.9. The van der Waals surface area contributed by atoms with Crippen LogP contribution >= 0.6 is 0 Å². The minimum absolute atomic E-state index is 0.0749. The van der Waals surface area contributed by atoms with E-state index < -0.39 is 15.6 Å². The van der Waals surface area contributed by atoms with Crippen LogP contribution in [-0.2, 0) is 10.0 Å². The number of aryl methyl sites for hydroxylation is 2. The number of hydrogen-bond acceptors (Lipinski definition) is 4. The van der Waals surface area contributed by atoms with Crippen molar-refractivity contribution in [1.29, 1.82) is 0 Å². The second-order valence-corrected chi connectivity index (χ2v) is 9.86. The van der Waals surface area contributed by atoms with Crippen molar-refractivity contribution in [2.24, 2.45) is 0 Å². The lowest BCUT2D eigenvalue weighted by atomic mass is 10.1. The van der Waals surface area contributed by atoms with Gasteiger partial charge in [0.2, 0.25) is 10.0 Å². The standard InChI is InChI=1S/C22H30N2O4S/c1-16-11-12-18(29(26,27)23-22(3,4)5)15-19(16)21(25)24(6)13-14-28-20-10-8-7-9-17(20)2/h7-12,15,23H,13-14H2,1-6H3. The van der Waals surface area contributed by atoms with E-state index in [0.29, 0.717) is 18.7 Å². The summed E-state index contributed by atoms with van der Waals surface area (Å²) in [5.74, 6) is 0.537. The molecule has 0 unspecified atom stereocenters. The van der Waals surface area contributed by atoms with Crippen molar-refractivity contribution in [2.75, 3.05) is 20.2 Å². The number of likely N-dealkylation sites (N-methyl/N-ethyl adjacent to an activating group) is 1. The number of rotatable bonds is 7. The highest BCUT2D eigenvalue weighted by molar-refractivity contribution is 7.89. The van der Waals surface area contributed by atoms with Crippen molar-refractivity contribution in [3.05, 3.63) is 59.2 Å². The van der Waals surface area contributed by atoms with Crippen molar-refractivity contribution in [3.63, 3.8) is 0 Å². The highest BCUT2D eigenvalue weighted by Crippen LogP contribution is 2.19. The largest absolute Gasteiger partial charge is 0.491 e. The first kappa shape index (κ1) is 22.9. The lowest BCUT2D eigenvalue weighted by Crippen LogP contribution is -2.40. The second-order valence-electron chi connectivity index (χ2n) is 8.17. The predicted octanol–water partition coefficient (Wildman–Crippen LogP) is 3.53. The topological polar surface area (TPSA) is 75.7 Å². The third-order valence-corrected chi connectivity index (χ3v) is 6.07. The summed E-state index contributed by atoms with van der Waals surface area (Å²) in [6.45, 7) is 9.79. The Labute approximate surface area is 173 Å². The molecule has 0 spiro atoms. The SMILES string of the molecule is Cc1ccccc1OCCN(C)C(=O)c1cc(S(=O)(=O)NC(C)(C)C)ccc1C. The Hall–Kier alpha value is -2.38. The van der Waals surface area contributed by atoms with Crippen LogP contribution in [0.3, 0.4) is 0 Å². The summed E-state index contributed by atoms with van der Waals surface area (Å²) in [7, 11) is -2.04. The normalized spacial score (nSPS) is 11.9.